The maximum atomic E-state index is 12.9. The first-order valence-corrected chi connectivity index (χ1v) is 9.58. The van der Waals surface area contributed by atoms with Gasteiger partial charge in [0.1, 0.15) is 5.25 Å². The van der Waals surface area contributed by atoms with Crippen molar-refractivity contribution in [1.82, 2.24) is 18.7 Å². The van der Waals surface area contributed by atoms with Gasteiger partial charge in [-0.1, -0.05) is 41.6 Å². The zero-order valence-electron chi connectivity index (χ0n) is 16.4. The van der Waals surface area contributed by atoms with Gasteiger partial charge in [-0.15, -0.1) is 0 Å². The monoisotopic (exact) mass is 402 g/mol. The Bertz CT molecular complexity index is 1180. The molecule has 2 heterocycles. The molecule has 0 aliphatic carbocycles. The zero-order valence-corrected chi connectivity index (χ0v) is 17.2. The standard InChI is InChI=1S/C19H22N4O4S/c1-11-7-6-8-13(9-11)10-23-14-15(21(3)19(26)22(4)16(14)24)20-18(23)28-12(2)17(25)27-5/h6-9,12H,10H2,1-5H3/t12-/m1/s1. The lowest BCUT2D eigenvalue weighted by atomic mass is 10.1. The van der Waals surface area contributed by atoms with Gasteiger partial charge >= 0.3 is 11.7 Å². The van der Waals surface area contributed by atoms with Crippen molar-refractivity contribution in [2.75, 3.05) is 7.11 Å². The minimum absolute atomic E-state index is 0.292. The number of imidazole rings is 1. The van der Waals surface area contributed by atoms with E-state index in [1.807, 2.05) is 31.2 Å². The average Bonchev–Trinajstić information content (AvgIpc) is 3.02. The molecule has 3 rings (SSSR count). The molecule has 0 fully saturated rings. The zero-order chi connectivity index (χ0) is 20.6. The maximum absolute atomic E-state index is 12.9. The van der Waals surface area contributed by atoms with Crippen molar-refractivity contribution < 1.29 is 9.53 Å². The molecule has 9 heteroatoms. The van der Waals surface area contributed by atoms with Gasteiger partial charge < -0.3 is 9.30 Å². The van der Waals surface area contributed by atoms with Gasteiger partial charge in [-0.25, -0.2) is 9.78 Å². The number of ether oxygens (including phenoxy) is 1. The third kappa shape index (κ3) is 3.49. The van der Waals surface area contributed by atoms with Crippen LogP contribution in [0.25, 0.3) is 11.2 Å². The van der Waals surface area contributed by atoms with Gasteiger partial charge in [-0.05, 0) is 19.4 Å². The van der Waals surface area contributed by atoms with Crippen molar-refractivity contribution in [3.05, 3.63) is 56.2 Å². The Morgan fingerprint density at radius 1 is 1.25 bits per heavy atom. The summed E-state index contributed by atoms with van der Waals surface area (Å²) in [6.07, 6.45) is 0. The lowest BCUT2D eigenvalue weighted by molar-refractivity contribution is -0.139. The molecule has 0 saturated heterocycles. The highest BCUT2D eigenvalue weighted by Crippen LogP contribution is 2.27. The highest BCUT2D eigenvalue weighted by atomic mass is 32.2. The third-order valence-electron chi connectivity index (χ3n) is 4.55. The minimum atomic E-state index is -0.515. The number of thioether (sulfide) groups is 1. The number of methoxy groups -OCH3 is 1. The molecule has 2 aromatic heterocycles. The number of aryl methyl sites for hydroxylation is 2. The van der Waals surface area contributed by atoms with Crippen molar-refractivity contribution in [2.45, 2.75) is 30.8 Å². The number of esters is 1. The Morgan fingerprint density at radius 2 is 1.96 bits per heavy atom. The SMILES string of the molecule is COC(=O)[C@@H](C)Sc1nc2c(c(=O)n(C)c(=O)n2C)n1Cc1cccc(C)c1. The van der Waals surface area contributed by atoms with Gasteiger partial charge in [0.25, 0.3) is 5.56 Å². The summed E-state index contributed by atoms with van der Waals surface area (Å²) in [5, 5.41) is -0.0355. The quantitative estimate of drug-likeness (QED) is 0.474. The topological polar surface area (TPSA) is 88.1 Å². The maximum Gasteiger partial charge on any atom is 0.332 e. The van der Waals surface area contributed by atoms with Crippen LogP contribution < -0.4 is 11.2 Å². The fraction of sp³-hybridized carbons (Fsp3) is 0.368. The van der Waals surface area contributed by atoms with Gasteiger partial charge in [-0.3, -0.25) is 18.7 Å². The second kappa shape index (κ2) is 7.67. The second-order valence-corrected chi connectivity index (χ2v) is 7.94. The molecule has 0 N–H and O–H groups in total. The molecular weight excluding hydrogens is 380 g/mol. The van der Waals surface area contributed by atoms with Crippen LogP contribution in [0.3, 0.4) is 0 Å². The molecule has 0 spiro atoms. The number of aromatic nitrogens is 4. The Balaban J connectivity index is 2.24. The number of carbonyl (C=O) groups is 1. The molecule has 1 atom stereocenters. The van der Waals surface area contributed by atoms with E-state index in [1.165, 1.54) is 30.5 Å². The van der Waals surface area contributed by atoms with Crippen molar-refractivity contribution in [1.29, 1.82) is 0 Å². The average molecular weight is 402 g/mol. The predicted octanol–water partition coefficient (Wildman–Crippen LogP) is 1.44. The van der Waals surface area contributed by atoms with Gasteiger partial charge in [0.2, 0.25) is 0 Å². The largest absolute Gasteiger partial charge is 0.468 e. The summed E-state index contributed by atoms with van der Waals surface area (Å²) in [6.45, 7) is 4.10. The summed E-state index contributed by atoms with van der Waals surface area (Å²) in [4.78, 5) is 41.6. The van der Waals surface area contributed by atoms with Crippen LogP contribution in [0.5, 0.6) is 0 Å². The van der Waals surface area contributed by atoms with Crippen LogP contribution in [-0.2, 0) is 30.2 Å². The molecule has 8 nitrogen and oxygen atoms in total. The molecule has 0 amide bonds. The van der Waals surface area contributed by atoms with Gasteiger partial charge in [0.15, 0.2) is 16.3 Å². The van der Waals surface area contributed by atoms with Crippen molar-refractivity contribution >= 4 is 28.9 Å². The molecule has 28 heavy (non-hydrogen) atoms. The summed E-state index contributed by atoms with van der Waals surface area (Å²) in [5.41, 5.74) is 1.83. The lowest BCUT2D eigenvalue weighted by Crippen LogP contribution is -2.37. The summed E-state index contributed by atoms with van der Waals surface area (Å²) in [7, 11) is 4.35. The molecule has 3 aromatic rings. The Kier molecular flexibility index (Phi) is 5.46. The lowest BCUT2D eigenvalue weighted by Gasteiger charge is -2.12. The van der Waals surface area contributed by atoms with Crippen LogP contribution >= 0.6 is 11.8 Å². The van der Waals surface area contributed by atoms with E-state index in [9.17, 15) is 14.4 Å². The van der Waals surface area contributed by atoms with E-state index >= 15 is 0 Å². The summed E-state index contributed by atoms with van der Waals surface area (Å²) < 4.78 is 8.97. The number of nitrogens with zero attached hydrogens (tertiary/aromatic N) is 4. The normalized spacial score (nSPS) is 12.3. The molecule has 148 valence electrons. The Morgan fingerprint density at radius 3 is 2.61 bits per heavy atom. The number of hydrogen-bond acceptors (Lipinski definition) is 6. The number of hydrogen-bond donors (Lipinski definition) is 0. The van der Waals surface area contributed by atoms with E-state index in [1.54, 1.807) is 18.5 Å². The van der Waals surface area contributed by atoms with Crippen molar-refractivity contribution in [3.8, 4) is 0 Å². The van der Waals surface area contributed by atoms with E-state index in [4.69, 9.17) is 4.74 Å². The molecule has 0 radical (unpaired) electrons. The van der Waals surface area contributed by atoms with Crippen LogP contribution in [0.15, 0.2) is 39.0 Å². The molecule has 0 aliphatic heterocycles. The van der Waals surface area contributed by atoms with Crippen LogP contribution in [0.4, 0.5) is 0 Å². The van der Waals surface area contributed by atoms with E-state index in [0.29, 0.717) is 22.9 Å². The molecule has 0 saturated carbocycles. The van der Waals surface area contributed by atoms with Crippen LogP contribution in [0, 0.1) is 6.92 Å². The Labute approximate surface area is 165 Å². The highest BCUT2D eigenvalue weighted by molar-refractivity contribution is 8.00. The number of rotatable bonds is 5. The first kappa shape index (κ1) is 19.9. The van der Waals surface area contributed by atoms with Crippen LogP contribution in [0.1, 0.15) is 18.1 Å². The van der Waals surface area contributed by atoms with E-state index < -0.39 is 16.5 Å². The van der Waals surface area contributed by atoms with E-state index in [2.05, 4.69) is 4.98 Å². The molecule has 0 bridgehead atoms. The van der Waals surface area contributed by atoms with Crippen LogP contribution in [-0.4, -0.2) is 37.0 Å². The molecule has 0 aliphatic rings. The predicted molar refractivity (Wildman–Crippen MR) is 108 cm³/mol. The molecular formula is C19H22N4O4S. The fourth-order valence-electron chi connectivity index (χ4n) is 3.03. The molecule has 1 aromatic carbocycles. The fourth-order valence-corrected chi connectivity index (χ4v) is 3.96. The van der Waals surface area contributed by atoms with E-state index in [-0.39, 0.29) is 5.97 Å². The smallest absolute Gasteiger partial charge is 0.332 e. The Hall–Kier alpha value is -2.81. The van der Waals surface area contributed by atoms with Crippen molar-refractivity contribution in [2.24, 2.45) is 14.1 Å². The number of benzene rings is 1. The first-order chi connectivity index (χ1) is 13.2. The summed E-state index contributed by atoms with van der Waals surface area (Å²) in [6, 6.07) is 7.93. The first-order valence-electron chi connectivity index (χ1n) is 8.71. The highest BCUT2D eigenvalue weighted by Gasteiger charge is 2.23. The van der Waals surface area contributed by atoms with E-state index in [0.717, 1.165) is 15.7 Å². The number of fused-ring (bicyclic) bond motifs is 1. The summed E-state index contributed by atoms with van der Waals surface area (Å²) >= 11 is 1.19. The van der Waals surface area contributed by atoms with Gasteiger partial charge in [0, 0.05) is 14.1 Å². The summed E-state index contributed by atoms with van der Waals surface area (Å²) in [5.74, 6) is -0.388. The third-order valence-corrected chi connectivity index (χ3v) is 5.62. The second-order valence-electron chi connectivity index (χ2n) is 6.63. The minimum Gasteiger partial charge on any atom is -0.468 e. The van der Waals surface area contributed by atoms with Gasteiger partial charge in [-0.2, -0.15) is 0 Å². The van der Waals surface area contributed by atoms with Gasteiger partial charge in [0.05, 0.1) is 13.7 Å². The van der Waals surface area contributed by atoms with Crippen molar-refractivity contribution in [3.63, 3.8) is 0 Å². The molecule has 0 unspecified atom stereocenters. The van der Waals surface area contributed by atoms with Crippen LogP contribution in [0.2, 0.25) is 0 Å². The number of carbonyl (C=O) groups excluding carboxylic acids is 1.